The van der Waals surface area contributed by atoms with Gasteiger partial charge in [-0.1, -0.05) is 30.5 Å². The van der Waals surface area contributed by atoms with Gasteiger partial charge >= 0.3 is 0 Å². The topological polar surface area (TPSA) is 32.3 Å². The maximum atomic E-state index is 13.1. The van der Waals surface area contributed by atoms with Gasteiger partial charge in [0, 0.05) is 12.6 Å². The van der Waals surface area contributed by atoms with E-state index in [9.17, 15) is 9.50 Å². The van der Waals surface area contributed by atoms with Gasteiger partial charge in [-0.15, -0.1) is 0 Å². The molecule has 3 atom stereocenters. The van der Waals surface area contributed by atoms with Crippen LogP contribution in [0.5, 0.6) is 0 Å². The summed E-state index contributed by atoms with van der Waals surface area (Å²) >= 11 is 5.79. The number of halogens is 2. The second-order valence-corrected chi connectivity index (χ2v) is 5.82. The second kappa shape index (κ2) is 6.69. The monoisotopic (exact) mass is 285 g/mol. The number of hydrogen-bond acceptors (Lipinski definition) is 2. The van der Waals surface area contributed by atoms with E-state index in [-0.39, 0.29) is 23.0 Å². The van der Waals surface area contributed by atoms with Gasteiger partial charge < -0.3 is 10.4 Å². The summed E-state index contributed by atoms with van der Waals surface area (Å²) in [5.41, 5.74) is 0.969. The maximum Gasteiger partial charge on any atom is 0.141 e. The van der Waals surface area contributed by atoms with Crippen LogP contribution in [0.3, 0.4) is 0 Å². The Morgan fingerprint density at radius 1 is 1.42 bits per heavy atom. The molecule has 0 radical (unpaired) electrons. The van der Waals surface area contributed by atoms with Gasteiger partial charge in [0.2, 0.25) is 0 Å². The van der Waals surface area contributed by atoms with Crippen LogP contribution in [0.15, 0.2) is 18.2 Å². The Morgan fingerprint density at radius 2 is 2.16 bits per heavy atom. The lowest BCUT2D eigenvalue weighted by atomic mass is 9.86. The summed E-state index contributed by atoms with van der Waals surface area (Å²) in [6, 6.07) is 4.90. The summed E-state index contributed by atoms with van der Waals surface area (Å²) in [4.78, 5) is 0. The van der Waals surface area contributed by atoms with Gasteiger partial charge in [0.05, 0.1) is 11.1 Å². The van der Waals surface area contributed by atoms with Crippen LogP contribution in [-0.2, 0) is 0 Å². The summed E-state index contributed by atoms with van der Waals surface area (Å²) in [6.45, 7) is 2.82. The van der Waals surface area contributed by atoms with E-state index in [0.717, 1.165) is 31.4 Å². The number of rotatable bonds is 4. The Balaban J connectivity index is 1.89. The summed E-state index contributed by atoms with van der Waals surface area (Å²) < 4.78 is 13.1. The van der Waals surface area contributed by atoms with Gasteiger partial charge in [0.25, 0.3) is 0 Å². The first-order valence-electron chi connectivity index (χ1n) is 6.94. The van der Waals surface area contributed by atoms with Crippen molar-refractivity contribution in [1.82, 2.24) is 5.32 Å². The van der Waals surface area contributed by atoms with Crippen LogP contribution < -0.4 is 5.32 Å². The summed E-state index contributed by atoms with van der Waals surface area (Å²) in [5, 5.41) is 13.5. The van der Waals surface area contributed by atoms with Crippen LogP contribution in [0.1, 0.15) is 44.2 Å². The molecule has 0 saturated heterocycles. The number of nitrogens with one attached hydrogen (secondary N) is 1. The minimum Gasteiger partial charge on any atom is -0.393 e. The zero-order chi connectivity index (χ0) is 13.8. The van der Waals surface area contributed by atoms with Gasteiger partial charge in [-0.3, -0.25) is 0 Å². The van der Waals surface area contributed by atoms with Crippen molar-refractivity contribution in [3.63, 3.8) is 0 Å². The molecule has 19 heavy (non-hydrogen) atoms. The zero-order valence-electron chi connectivity index (χ0n) is 11.2. The number of hydrogen-bond donors (Lipinski definition) is 2. The maximum absolute atomic E-state index is 13.1. The van der Waals surface area contributed by atoms with Gasteiger partial charge in [-0.25, -0.2) is 4.39 Å². The lowest BCUT2D eigenvalue weighted by molar-refractivity contribution is 0.0684. The van der Waals surface area contributed by atoms with Crippen molar-refractivity contribution in [2.45, 2.75) is 44.8 Å². The van der Waals surface area contributed by atoms with Gasteiger partial charge in [-0.2, -0.15) is 0 Å². The fourth-order valence-corrected chi connectivity index (χ4v) is 2.84. The molecular weight excluding hydrogens is 265 g/mol. The third kappa shape index (κ3) is 3.91. The van der Waals surface area contributed by atoms with Crippen molar-refractivity contribution >= 4 is 11.6 Å². The van der Waals surface area contributed by atoms with E-state index in [1.54, 1.807) is 12.1 Å². The highest BCUT2D eigenvalue weighted by atomic mass is 35.5. The number of aliphatic hydroxyl groups excluding tert-OH is 1. The fraction of sp³-hybridized carbons (Fsp3) is 0.600. The molecule has 1 aliphatic rings. The Kier molecular flexibility index (Phi) is 5.20. The first-order valence-corrected chi connectivity index (χ1v) is 7.32. The number of aliphatic hydroxyl groups is 1. The van der Waals surface area contributed by atoms with Crippen molar-refractivity contribution < 1.29 is 9.50 Å². The molecule has 2 rings (SSSR count). The third-order valence-electron chi connectivity index (χ3n) is 4.00. The van der Waals surface area contributed by atoms with E-state index in [1.165, 1.54) is 12.5 Å². The first-order chi connectivity index (χ1) is 9.08. The Morgan fingerprint density at radius 3 is 2.84 bits per heavy atom. The van der Waals surface area contributed by atoms with Crippen molar-refractivity contribution in [2.24, 2.45) is 5.92 Å². The van der Waals surface area contributed by atoms with Crippen LogP contribution in [-0.4, -0.2) is 17.8 Å². The molecule has 1 aromatic rings. The highest BCUT2D eigenvalue weighted by Crippen LogP contribution is 2.25. The van der Waals surface area contributed by atoms with E-state index in [0.29, 0.717) is 5.92 Å². The predicted octanol–water partition coefficient (Wildman–Crippen LogP) is 3.68. The van der Waals surface area contributed by atoms with E-state index in [2.05, 4.69) is 5.32 Å². The van der Waals surface area contributed by atoms with Gasteiger partial charge in [0.1, 0.15) is 5.82 Å². The van der Waals surface area contributed by atoms with Crippen molar-refractivity contribution in [1.29, 1.82) is 0 Å². The molecule has 1 aromatic carbocycles. The smallest absolute Gasteiger partial charge is 0.141 e. The molecule has 1 aliphatic carbocycles. The highest BCUT2D eigenvalue weighted by Gasteiger charge is 2.23. The van der Waals surface area contributed by atoms with Crippen molar-refractivity contribution in [2.75, 3.05) is 6.54 Å². The normalized spacial score (nSPS) is 25.3. The molecule has 0 aliphatic heterocycles. The molecule has 4 heteroatoms. The first kappa shape index (κ1) is 14.8. The quantitative estimate of drug-likeness (QED) is 0.884. The SMILES string of the molecule is CC(NCC1CCCCC1O)c1ccc(F)c(Cl)c1. The minimum atomic E-state index is -0.389. The summed E-state index contributed by atoms with van der Waals surface area (Å²) in [7, 11) is 0. The largest absolute Gasteiger partial charge is 0.393 e. The highest BCUT2D eigenvalue weighted by molar-refractivity contribution is 6.30. The lowest BCUT2D eigenvalue weighted by Gasteiger charge is -2.29. The molecular formula is C15H21ClFNO. The third-order valence-corrected chi connectivity index (χ3v) is 4.29. The van der Waals surface area contributed by atoms with E-state index in [1.807, 2.05) is 6.92 Å². The molecule has 2 N–H and O–H groups in total. The zero-order valence-corrected chi connectivity index (χ0v) is 12.0. The molecule has 1 fully saturated rings. The summed E-state index contributed by atoms with van der Waals surface area (Å²) in [6.07, 6.45) is 4.11. The van der Waals surface area contributed by atoms with Crippen molar-refractivity contribution in [3.8, 4) is 0 Å². The molecule has 0 spiro atoms. The summed E-state index contributed by atoms with van der Waals surface area (Å²) in [5.74, 6) is -0.0626. The van der Waals surface area contributed by atoms with Crippen LogP contribution in [0.25, 0.3) is 0 Å². The van der Waals surface area contributed by atoms with Crippen LogP contribution in [0.2, 0.25) is 5.02 Å². The van der Waals surface area contributed by atoms with Crippen LogP contribution in [0.4, 0.5) is 4.39 Å². The molecule has 3 unspecified atom stereocenters. The molecule has 106 valence electrons. The van der Waals surface area contributed by atoms with Crippen LogP contribution in [0, 0.1) is 11.7 Å². The Bertz CT molecular complexity index is 427. The molecule has 0 bridgehead atoms. The van der Waals surface area contributed by atoms with E-state index < -0.39 is 0 Å². The Hall–Kier alpha value is -0.640. The van der Waals surface area contributed by atoms with Gasteiger partial charge in [0.15, 0.2) is 0 Å². The average Bonchev–Trinajstić information content (AvgIpc) is 2.40. The second-order valence-electron chi connectivity index (χ2n) is 5.42. The predicted molar refractivity (Wildman–Crippen MR) is 75.8 cm³/mol. The van der Waals surface area contributed by atoms with E-state index in [4.69, 9.17) is 11.6 Å². The van der Waals surface area contributed by atoms with Crippen molar-refractivity contribution in [3.05, 3.63) is 34.6 Å². The lowest BCUT2D eigenvalue weighted by Crippen LogP contribution is -2.34. The minimum absolute atomic E-state index is 0.104. The fourth-order valence-electron chi connectivity index (χ4n) is 2.65. The molecule has 1 saturated carbocycles. The van der Waals surface area contributed by atoms with Gasteiger partial charge in [-0.05, 0) is 43.4 Å². The molecule has 0 aromatic heterocycles. The van der Waals surface area contributed by atoms with Crippen LogP contribution >= 0.6 is 11.6 Å². The van der Waals surface area contributed by atoms with E-state index >= 15 is 0 Å². The molecule has 0 amide bonds. The molecule has 2 nitrogen and oxygen atoms in total. The molecule has 0 heterocycles. The Labute approximate surface area is 119 Å². The number of benzene rings is 1. The standard InChI is InChI=1S/C15H21ClFNO/c1-10(11-6-7-14(17)13(16)8-11)18-9-12-4-2-3-5-15(12)19/h6-8,10,12,15,18-19H,2-5,9H2,1H3. The average molecular weight is 286 g/mol.